The van der Waals surface area contributed by atoms with Gasteiger partial charge in [-0.15, -0.1) is 12.4 Å². The number of rotatable bonds is 5. The molecule has 1 saturated heterocycles. The van der Waals surface area contributed by atoms with Crippen LogP contribution in [0.4, 0.5) is 0 Å². The maximum Gasteiger partial charge on any atom is 0.0982 e. The van der Waals surface area contributed by atoms with Gasteiger partial charge < -0.3 is 4.74 Å². The van der Waals surface area contributed by atoms with Crippen molar-refractivity contribution in [3.8, 4) is 0 Å². The number of aromatic nitrogens is 2. The van der Waals surface area contributed by atoms with Gasteiger partial charge in [0.05, 0.1) is 25.5 Å². The van der Waals surface area contributed by atoms with Crippen molar-refractivity contribution in [2.24, 2.45) is 0 Å². The second kappa shape index (κ2) is 8.99. The van der Waals surface area contributed by atoms with Crippen molar-refractivity contribution in [3.63, 3.8) is 0 Å². The van der Waals surface area contributed by atoms with E-state index < -0.39 is 0 Å². The molecule has 0 aliphatic carbocycles. The molecule has 0 spiro atoms. The van der Waals surface area contributed by atoms with Gasteiger partial charge in [0.15, 0.2) is 0 Å². The van der Waals surface area contributed by atoms with Crippen LogP contribution in [0.2, 0.25) is 0 Å². The number of hydrogen-bond acceptors (Lipinski definition) is 3. The third-order valence-corrected chi connectivity index (χ3v) is 4.61. The first-order chi connectivity index (χ1) is 12.4. The number of morpholine rings is 1. The molecular formula is C21H24ClN3O. The molecule has 3 aromatic rings. The van der Waals surface area contributed by atoms with Gasteiger partial charge in [0, 0.05) is 31.4 Å². The predicted octanol–water partition coefficient (Wildman–Crippen LogP) is 3.93. The van der Waals surface area contributed by atoms with E-state index >= 15 is 0 Å². The zero-order valence-corrected chi connectivity index (χ0v) is 15.5. The second-order valence-corrected chi connectivity index (χ2v) is 6.54. The van der Waals surface area contributed by atoms with Crippen molar-refractivity contribution in [1.29, 1.82) is 0 Å². The Morgan fingerprint density at radius 2 is 1.58 bits per heavy atom. The van der Waals surface area contributed by atoms with Crippen molar-refractivity contribution in [2.75, 3.05) is 19.7 Å². The molecule has 1 unspecified atom stereocenters. The van der Waals surface area contributed by atoms with Crippen molar-refractivity contribution in [1.82, 2.24) is 14.7 Å². The van der Waals surface area contributed by atoms with Crippen LogP contribution >= 0.6 is 12.4 Å². The summed E-state index contributed by atoms with van der Waals surface area (Å²) in [4.78, 5) is 2.46. The topological polar surface area (TPSA) is 30.3 Å². The minimum Gasteiger partial charge on any atom is -0.371 e. The van der Waals surface area contributed by atoms with E-state index in [0.29, 0.717) is 0 Å². The minimum atomic E-state index is 0. The fraction of sp³-hybridized carbons (Fsp3) is 0.286. The second-order valence-electron chi connectivity index (χ2n) is 6.54. The Bertz CT molecular complexity index is 791. The number of halogens is 1. The summed E-state index contributed by atoms with van der Waals surface area (Å²) in [5.41, 5.74) is 3.77. The van der Waals surface area contributed by atoms with Gasteiger partial charge in [-0.25, -0.2) is 0 Å². The Morgan fingerprint density at radius 3 is 2.27 bits per heavy atom. The zero-order valence-electron chi connectivity index (χ0n) is 14.7. The van der Waals surface area contributed by atoms with E-state index in [2.05, 4.69) is 70.8 Å². The van der Waals surface area contributed by atoms with E-state index in [1.807, 2.05) is 16.9 Å². The van der Waals surface area contributed by atoms with E-state index in [4.69, 9.17) is 4.74 Å². The molecule has 26 heavy (non-hydrogen) atoms. The highest BCUT2D eigenvalue weighted by Crippen LogP contribution is 2.23. The molecule has 0 amide bonds. The lowest BCUT2D eigenvalue weighted by Crippen LogP contribution is -2.37. The van der Waals surface area contributed by atoms with Crippen LogP contribution < -0.4 is 0 Å². The van der Waals surface area contributed by atoms with Crippen LogP contribution in [0.3, 0.4) is 0 Å². The van der Waals surface area contributed by atoms with Crippen molar-refractivity contribution < 1.29 is 4.74 Å². The maximum atomic E-state index is 6.00. The Hall–Kier alpha value is -2.14. The molecule has 0 N–H and O–H groups in total. The SMILES string of the molecule is Cl.c1ccc(CN2CCOC(c3cnn(Cc4ccccc4)c3)C2)cc1. The summed E-state index contributed by atoms with van der Waals surface area (Å²) in [5.74, 6) is 0. The number of nitrogens with zero attached hydrogens (tertiary/aromatic N) is 3. The summed E-state index contributed by atoms with van der Waals surface area (Å²) in [6, 6.07) is 21.0. The average molecular weight is 370 g/mol. The van der Waals surface area contributed by atoms with Gasteiger partial charge in [0.2, 0.25) is 0 Å². The molecule has 136 valence electrons. The highest BCUT2D eigenvalue weighted by molar-refractivity contribution is 5.85. The highest BCUT2D eigenvalue weighted by Gasteiger charge is 2.23. The molecule has 0 radical (unpaired) electrons. The molecule has 0 saturated carbocycles. The summed E-state index contributed by atoms with van der Waals surface area (Å²) in [6.07, 6.45) is 4.16. The molecule has 1 fully saturated rings. The van der Waals surface area contributed by atoms with E-state index in [9.17, 15) is 0 Å². The number of hydrogen-bond donors (Lipinski definition) is 0. The van der Waals surface area contributed by atoms with Gasteiger partial charge in [-0.3, -0.25) is 9.58 Å². The Labute approximate surface area is 160 Å². The average Bonchev–Trinajstić information content (AvgIpc) is 3.12. The first kappa shape index (κ1) is 18.6. The van der Waals surface area contributed by atoms with Gasteiger partial charge in [0.25, 0.3) is 0 Å². The number of ether oxygens (including phenoxy) is 1. The van der Waals surface area contributed by atoms with Crippen molar-refractivity contribution in [3.05, 3.63) is 89.7 Å². The molecule has 1 aromatic heterocycles. The van der Waals surface area contributed by atoms with Crippen LogP contribution in [0, 0.1) is 0 Å². The lowest BCUT2D eigenvalue weighted by molar-refractivity contribution is -0.0329. The van der Waals surface area contributed by atoms with Crippen LogP contribution in [-0.2, 0) is 17.8 Å². The Balaban J connectivity index is 0.00000196. The summed E-state index contributed by atoms with van der Waals surface area (Å²) in [5, 5.41) is 4.51. The number of benzene rings is 2. The van der Waals surface area contributed by atoms with Gasteiger partial charge >= 0.3 is 0 Å². The lowest BCUT2D eigenvalue weighted by Gasteiger charge is -2.32. The molecule has 1 atom stereocenters. The van der Waals surface area contributed by atoms with E-state index in [1.54, 1.807) is 0 Å². The van der Waals surface area contributed by atoms with Crippen LogP contribution in [0.1, 0.15) is 22.8 Å². The lowest BCUT2D eigenvalue weighted by atomic mass is 10.1. The molecule has 4 nitrogen and oxygen atoms in total. The molecule has 5 heteroatoms. The molecule has 4 rings (SSSR count). The monoisotopic (exact) mass is 369 g/mol. The first-order valence-electron chi connectivity index (χ1n) is 8.81. The van der Waals surface area contributed by atoms with Crippen LogP contribution in [0.15, 0.2) is 73.1 Å². The molecule has 1 aliphatic heterocycles. The largest absolute Gasteiger partial charge is 0.371 e. The minimum absolute atomic E-state index is 0. The molecular weight excluding hydrogens is 346 g/mol. The maximum absolute atomic E-state index is 6.00. The van der Waals surface area contributed by atoms with Gasteiger partial charge in [-0.2, -0.15) is 5.10 Å². The van der Waals surface area contributed by atoms with Crippen molar-refractivity contribution >= 4 is 12.4 Å². The highest BCUT2D eigenvalue weighted by atomic mass is 35.5. The Morgan fingerprint density at radius 1 is 0.923 bits per heavy atom. The van der Waals surface area contributed by atoms with Crippen molar-refractivity contribution in [2.45, 2.75) is 19.2 Å². The van der Waals surface area contributed by atoms with Gasteiger partial charge in [-0.1, -0.05) is 60.7 Å². The summed E-state index contributed by atoms with van der Waals surface area (Å²) >= 11 is 0. The van der Waals surface area contributed by atoms with E-state index in [0.717, 1.165) is 38.3 Å². The Kier molecular flexibility index (Phi) is 6.45. The molecule has 2 aromatic carbocycles. The predicted molar refractivity (Wildman–Crippen MR) is 105 cm³/mol. The van der Waals surface area contributed by atoms with Crippen LogP contribution in [0.5, 0.6) is 0 Å². The fourth-order valence-electron chi connectivity index (χ4n) is 3.29. The van der Waals surface area contributed by atoms with Crippen LogP contribution in [0.25, 0.3) is 0 Å². The van der Waals surface area contributed by atoms with E-state index in [1.165, 1.54) is 11.1 Å². The third kappa shape index (κ3) is 4.73. The first-order valence-corrected chi connectivity index (χ1v) is 8.81. The zero-order chi connectivity index (χ0) is 16.9. The smallest absolute Gasteiger partial charge is 0.0982 e. The normalized spacial score (nSPS) is 17.6. The van der Waals surface area contributed by atoms with E-state index in [-0.39, 0.29) is 18.5 Å². The summed E-state index contributed by atoms with van der Waals surface area (Å²) in [6.45, 7) is 4.41. The molecule has 0 bridgehead atoms. The standard InChI is InChI=1S/C21H23N3O.ClH/c1-3-7-18(8-4-1)14-23-11-12-25-21(17-23)20-13-22-24(16-20)15-19-9-5-2-6-10-19;/h1-10,13,16,21H,11-12,14-15,17H2;1H. The third-order valence-electron chi connectivity index (χ3n) is 4.61. The quantitative estimate of drug-likeness (QED) is 0.682. The van der Waals surface area contributed by atoms with Crippen LogP contribution in [-0.4, -0.2) is 34.4 Å². The molecule has 1 aliphatic rings. The van der Waals surface area contributed by atoms with Gasteiger partial charge in [0.1, 0.15) is 0 Å². The molecule has 2 heterocycles. The fourth-order valence-corrected chi connectivity index (χ4v) is 3.29. The van der Waals surface area contributed by atoms with Gasteiger partial charge in [-0.05, 0) is 11.1 Å². The summed E-state index contributed by atoms with van der Waals surface area (Å²) in [7, 11) is 0. The summed E-state index contributed by atoms with van der Waals surface area (Å²) < 4.78 is 7.99.